The van der Waals surface area contributed by atoms with E-state index in [1.54, 1.807) is 4.90 Å². The number of anilines is 2. The molecule has 0 radical (unpaired) electrons. The van der Waals surface area contributed by atoms with E-state index in [0.717, 1.165) is 35.1 Å². The van der Waals surface area contributed by atoms with Gasteiger partial charge in [-0.05, 0) is 55.7 Å². The quantitative estimate of drug-likeness (QED) is 0.442. The number of carbonyl (C=O) groups excluding carboxylic acids is 2. The summed E-state index contributed by atoms with van der Waals surface area (Å²) in [5.74, 6) is 1.44. The fraction of sp³-hybridized carbons (Fsp3) is 0.448. The first kappa shape index (κ1) is 25.1. The monoisotopic (exact) mass is 505 g/mol. The Morgan fingerprint density at radius 1 is 1.05 bits per heavy atom. The lowest BCUT2D eigenvalue weighted by Gasteiger charge is -2.24. The second kappa shape index (κ2) is 10.1. The summed E-state index contributed by atoms with van der Waals surface area (Å²) in [6.07, 6.45) is 2.92. The summed E-state index contributed by atoms with van der Waals surface area (Å²) in [6, 6.07) is 14.0. The Labute approximate surface area is 217 Å². The number of aliphatic hydroxyl groups excluding tert-OH is 1. The maximum atomic E-state index is 13.4. The van der Waals surface area contributed by atoms with Gasteiger partial charge in [0.2, 0.25) is 18.6 Å². The van der Waals surface area contributed by atoms with E-state index in [4.69, 9.17) is 14.6 Å². The molecule has 0 unspecified atom stereocenters. The van der Waals surface area contributed by atoms with Crippen LogP contribution in [-0.4, -0.2) is 41.4 Å². The Bertz CT molecular complexity index is 1320. The zero-order chi connectivity index (χ0) is 26.2. The zero-order valence-corrected chi connectivity index (χ0v) is 21.8. The molecule has 2 heterocycles. The van der Waals surface area contributed by atoms with Crippen LogP contribution in [0.15, 0.2) is 42.5 Å². The predicted molar refractivity (Wildman–Crippen MR) is 142 cm³/mol. The van der Waals surface area contributed by atoms with Gasteiger partial charge in [0.05, 0.1) is 12.3 Å². The van der Waals surface area contributed by atoms with Crippen LogP contribution >= 0.6 is 0 Å². The number of aliphatic hydroxyl groups is 1. The molecule has 2 aliphatic rings. The first-order chi connectivity index (χ1) is 17.8. The van der Waals surface area contributed by atoms with Crippen molar-refractivity contribution >= 4 is 34.1 Å². The van der Waals surface area contributed by atoms with Crippen LogP contribution in [0.3, 0.4) is 0 Å². The van der Waals surface area contributed by atoms with Crippen LogP contribution in [0.1, 0.15) is 52.1 Å². The number of ether oxygens (including phenoxy) is 2. The molecule has 1 aliphatic carbocycles. The molecule has 5 rings (SSSR count). The van der Waals surface area contributed by atoms with E-state index in [1.165, 1.54) is 5.69 Å². The van der Waals surface area contributed by atoms with Gasteiger partial charge in [0, 0.05) is 59.2 Å². The van der Waals surface area contributed by atoms with Crippen LogP contribution in [-0.2, 0) is 21.5 Å². The molecule has 8 heteroatoms. The highest BCUT2D eigenvalue weighted by Crippen LogP contribution is 2.42. The second-order valence-corrected chi connectivity index (χ2v) is 10.8. The molecule has 1 saturated carbocycles. The van der Waals surface area contributed by atoms with Gasteiger partial charge in [-0.3, -0.25) is 14.5 Å². The molecule has 0 bridgehead atoms. The number of nitrogens with zero attached hydrogens (tertiary/aromatic N) is 2. The average Bonchev–Trinajstić information content (AvgIpc) is 3.50. The Balaban J connectivity index is 1.48. The molecule has 8 nitrogen and oxygen atoms in total. The Morgan fingerprint density at radius 3 is 2.51 bits per heavy atom. The van der Waals surface area contributed by atoms with Crippen molar-refractivity contribution in [3.05, 3.63) is 48.2 Å². The SMILES string of the molecule is CC(C)(C)c1cc2cc(N(C(=O)C3CC3)c3ccc4c(c3)OCO4)ccc2n1CCCC(=O)NCCO. The molecule has 0 atom stereocenters. The van der Waals surface area contributed by atoms with Crippen molar-refractivity contribution in [1.29, 1.82) is 0 Å². The van der Waals surface area contributed by atoms with Crippen LogP contribution < -0.4 is 19.7 Å². The van der Waals surface area contributed by atoms with E-state index in [0.29, 0.717) is 30.9 Å². The Kier molecular flexibility index (Phi) is 6.86. The van der Waals surface area contributed by atoms with Crippen LogP contribution in [0, 0.1) is 5.92 Å². The highest BCUT2D eigenvalue weighted by atomic mass is 16.7. The van der Waals surface area contributed by atoms with Crippen LogP contribution in [0.4, 0.5) is 11.4 Å². The lowest BCUT2D eigenvalue weighted by atomic mass is 9.92. The zero-order valence-electron chi connectivity index (χ0n) is 21.8. The number of hydrogen-bond donors (Lipinski definition) is 2. The van der Waals surface area contributed by atoms with Gasteiger partial charge < -0.3 is 24.5 Å². The summed E-state index contributed by atoms with van der Waals surface area (Å²) < 4.78 is 13.3. The lowest BCUT2D eigenvalue weighted by Crippen LogP contribution is -2.27. The topological polar surface area (TPSA) is 93.0 Å². The van der Waals surface area contributed by atoms with Crippen LogP contribution in [0.2, 0.25) is 0 Å². The minimum Gasteiger partial charge on any atom is -0.454 e. The third-order valence-corrected chi connectivity index (χ3v) is 6.89. The van der Waals surface area contributed by atoms with Crippen molar-refractivity contribution in [3.8, 4) is 11.5 Å². The van der Waals surface area contributed by atoms with Crippen molar-refractivity contribution in [2.45, 2.75) is 58.4 Å². The number of fused-ring (bicyclic) bond motifs is 2. The lowest BCUT2D eigenvalue weighted by molar-refractivity contribution is -0.121. The molecular formula is C29H35N3O5. The summed E-state index contributed by atoms with van der Waals surface area (Å²) in [7, 11) is 0. The van der Waals surface area contributed by atoms with Gasteiger partial charge in [-0.15, -0.1) is 0 Å². The highest BCUT2D eigenvalue weighted by molar-refractivity contribution is 6.04. The average molecular weight is 506 g/mol. The predicted octanol–water partition coefficient (Wildman–Crippen LogP) is 4.63. The molecule has 0 spiro atoms. The van der Waals surface area contributed by atoms with Crippen molar-refractivity contribution in [3.63, 3.8) is 0 Å². The van der Waals surface area contributed by atoms with Crippen molar-refractivity contribution in [2.75, 3.05) is 24.8 Å². The smallest absolute Gasteiger partial charge is 0.234 e. The number of nitrogens with one attached hydrogen (secondary N) is 1. The van der Waals surface area contributed by atoms with E-state index in [9.17, 15) is 9.59 Å². The molecule has 3 aromatic rings. The Morgan fingerprint density at radius 2 is 1.78 bits per heavy atom. The third-order valence-electron chi connectivity index (χ3n) is 6.89. The summed E-state index contributed by atoms with van der Waals surface area (Å²) in [5.41, 5.74) is 3.75. The fourth-order valence-electron chi connectivity index (χ4n) is 4.88. The number of carbonyl (C=O) groups is 2. The second-order valence-electron chi connectivity index (χ2n) is 10.8. The summed E-state index contributed by atoms with van der Waals surface area (Å²) in [4.78, 5) is 27.3. The summed E-state index contributed by atoms with van der Waals surface area (Å²) >= 11 is 0. The van der Waals surface area contributed by atoms with E-state index in [-0.39, 0.29) is 43.1 Å². The number of rotatable bonds is 9. The van der Waals surface area contributed by atoms with Crippen molar-refractivity contribution < 1.29 is 24.2 Å². The van der Waals surface area contributed by atoms with Crippen LogP contribution in [0.25, 0.3) is 10.9 Å². The van der Waals surface area contributed by atoms with Gasteiger partial charge in [-0.2, -0.15) is 0 Å². The number of aromatic nitrogens is 1. The van der Waals surface area contributed by atoms with E-state index < -0.39 is 0 Å². The summed E-state index contributed by atoms with van der Waals surface area (Å²) in [6.45, 7) is 7.66. The van der Waals surface area contributed by atoms with Gasteiger partial charge in [0.1, 0.15) is 0 Å². The van der Waals surface area contributed by atoms with Gasteiger partial charge in [-0.1, -0.05) is 20.8 Å². The number of amides is 2. The molecular weight excluding hydrogens is 470 g/mol. The largest absolute Gasteiger partial charge is 0.454 e. The van der Waals surface area contributed by atoms with Gasteiger partial charge in [-0.25, -0.2) is 0 Å². The first-order valence-corrected chi connectivity index (χ1v) is 13.0. The van der Waals surface area contributed by atoms with Crippen LogP contribution in [0.5, 0.6) is 11.5 Å². The Hall–Kier alpha value is -3.52. The maximum absolute atomic E-state index is 13.4. The molecule has 0 saturated heterocycles. The molecule has 1 aliphatic heterocycles. The number of hydrogen-bond acceptors (Lipinski definition) is 5. The fourth-order valence-corrected chi connectivity index (χ4v) is 4.88. The molecule has 196 valence electrons. The van der Waals surface area contributed by atoms with E-state index >= 15 is 0 Å². The normalized spacial score (nSPS) is 14.7. The molecule has 2 amide bonds. The number of aryl methyl sites for hydroxylation is 1. The molecule has 37 heavy (non-hydrogen) atoms. The maximum Gasteiger partial charge on any atom is 0.234 e. The van der Waals surface area contributed by atoms with Gasteiger partial charge in [0.25, 0.3) is 0 Å². The minimum absolute atomic E-state index is 0.0489. The van der Waals surface area contributed by atoms with Crippen molar-refractivity contribution in [2.24, 2.45) is 5.92 Å². The van der Waals surface area contributed by atoms with Gasteiger partial charge >= 0.3 is 0 Å². The van der Waals surface area contributed by atoms with E-state index in [1.807, 2.05) is 24.3 Å². The standard InChI is InChI=1S/C29H35N3O5/c1-29(2,3)26-16-20-15-21(8-10-23(20)31(26)13-4-5-27(34)30-12-14-33)32(28(35)19-6-7-19)22-9-11-24-25(17-22)37-18-36-24/h8-11,15-17,19,33H,4-7,12-14,18H2,1-3H3,(H,30,34). The number of benzene rings is 2. The third kappa shape index (κ3) is 5.30. The minimum atomic E-state index is -0.0980. The van der Waals surface area contributed by atoms with Crippen molar-refractivity contribution in [1.82, 2.24) is 9.88 Å². The highest BCUT2D eigenvalue weighted by Gasteiger charge is 2.35. The molecule has 2 aromatic carbocycles. The molecule has 1 fully saturated rings. The summed E-state index contributed by atoms with van der Waals surface area (Å²) in [5, 5.41) is 12.7. The molecule has 1 aromatic heterocycles. The molecule has 2 N–H and O–H groups in total. The van der Waals surface area contributed by atoms with E-state index in [2.05, 4.69) is 48.9 Å². The first-order valence-electron chi connectivity index (χ1n) is 13.0. The van der Waals surface area contributed by atoms with Gasteiger partial charge in [0.15, 0.2) is 11.5 Å².